The maximum absolute atomic E-state index is 12.6. The minimum atomic E-state index is -0.0633. The lowest BCUT2D eigenvalue weighted by Gasteiger charge is -2.34. The summed E-state index contributed by atoms with van der Waals surface area (Å²) in [7, 11) is 0. The van der Waals surface area contributed by atoms with Crippen LogP contribution in [0, 0.1) is 0 Å². The Bertz CT molecular complexity index is 986. The van der Waals surface area contributed by atoms with E-state index in [0.717, 1.165) is 43.2 Å². The summed E-state index contributed by atoms with van der Waals surface area (Å²) in [6, 6.07) is 4.18. The van der Waals surface area contributed by atoms with E-state index in [1.807, 2.05) is 18.3 Å². The Labute approximate surface area is 156 Å². The van der Waals surface area contributed by atoms with Crippen molar-refractivity contribution in [2.24, 2.45) is 0 Å². The summed E-state index contributed by atoms with van der Waals surface area (Å²) < 4.78 is 3.76. The third-order valence-corrected chi connectivity index (χ3v) is 5.60. The van der Waals surface area contributed by atoms with Gasteiger partial charge in [0.05, 0.1) is 6.04 Å². The second kappa shape index (κ2) is 6.33. The summed E-state index contributed by atoms with van der Waals surface area (Å²) in [6.45, 7) is 3.66. The minimum Gasteiger partial charge on any atom is -0.348 e. The first-order chi connectivity index (χ1) is 13.2. The van der Waals surface area contributed by atoms with Crippen LogP contribution in [0.2, 0.25) is 0 Å². The largest absolute Gasteiger partial charge is 0.348 e. The molecule has 1 amide bonds. The number of nitrogens with zero attached hydrogens (tertiary/aromatic N) is 7. The highest BCUT2D eigenvalue weighted by atomic mass is 16.2. The molecule has 140 valence electrons. The number of aromatic nitrogens is 6. The molecule has 2 aliphatic rings. The molecule has 0 saturated heterocycles. The molecule has 1 fully saturated rings. The number of rotatable bonds is 3. The smallest absolute Gasteiger partial charge is 0.271 e. The van der Waals surface area contributed by atoms with Crippen LogP contribution in [0.3, 0.4) is 0 Å². The number of hydrogen-bond donors (Lipinski definition) is 1. The zero-order valence-corrected chi connectivity index (χ0v) is 15.2. The van der Waals surface area contributed by atoms with Gasteiger partial charge in [-0.1, -0.05) is 12.8 Å². The van der Waals surface area contributed by atoms with E-state index in [-0.39, 0.29) is 11.9 Å². The zero-order valence-electron chi connectivity index (χ0n) is 15.2. The molecule has 1 N–H and O–H groups in total. The molecule has 9 nitrogen and oxygen atoms in total. The Morgan fingerprint density at radius 3 is 2.93 bits per heavy atom. The van der Waals surface area contributed by atoms with Crippen LogP contribution in [0.1, 0.15) is 55.0 Å². The van der Waals surface area contributed by atoms with E-state index in [2.05, 4.69) is 42.0 Å². The van der Waals surface area contributed by atoms with Crippen LogP contribution < -0.4 is 10.2 Å². The molecule has 27 heavy (non-hydrogen) atoms. The van der Waals surface area contributed by atoms with Crippen molar-refractivity contribution in [3.63, 3.8) is 0 Å². The van der Waals surface area contributed by atoms with Crippen LogP contribution in [0.4, 0.5) is 5.82 Å². The maximum Gasteiger partial charge on any atom is 0.271 e. The van der Waals surface area contributed by atoms with E-state index >= 15 is 0 Å². The fraction of sp³-hybridized carbons (Fsp3) is 0.500. The van der Waals surface area contributed by atoms with Crippen LogP contribution in [0.15, 0.2) is 24.7 Å². The van der Waals surface area contributed by atoms with E-state index in [1.54, 1.807) is 10.8 Å². The molecule has 0 spiro atoms. The first-order valence-corrected chi connectivity index (χ1v) is 9.51. The van der Waals surface area contributed by atoms with Gasteiger partial charge in [-0.05, 0) is 31.9 Å². The van der Waals surface area contributed by atoms with Crippen LogP contribution in [-0.4, -0.2) is 47.9 Å². The molecule has 1 aliphatic heterocycles. The summed E-state index contributed by atoms with van der Waals surface area (Å²) in [5.41, 5.74) is 1.23. The summed E-state index contributed by atoms with van der Waals surface area (Å²) >= 11 is 0. The third-order valence-electron chi connectivity index (χ3n) is 5.60. The molecular weight excluding hydrogens is 344 g/mol. The monoisotopic (exact) mass is 366 g/mol. The van der Waals surface area contributed by atoms with Crippen molar-refractivity contribution < 1.29 is 4.79 Å². The van der Waals surface area contributed by atoms with Gasteiger partial charge in [-0.15, -0.1) is 15.3 Å². The molecule has 5 rings (SSSR count). The van der Waals surface area contributed by atoms with Crippen molar-refractivity contribution in [3.05, 3.63) is 36.2 Å². The molecule has 4 heterocycles. The quantitative estimate of drug-likeness (QED) is 0.756. The van der Waals surface area contributed by atoms with Gasteiger partial charge in [0.2, 0.25) is 0 Å². The van der Waals surface area contributed by atoms with E-state index < -0.39 is 0 Å². The van der Waals surface area contributed by atoms with Gasteiger partial charge in [-0.3, -0.25) is 4.79 Å². The summed E-state index contributed by atoms with van der Waals surface area (Å²) in [5.74, 6) is 1.68. The summed E-state index contributed by atoms with van der Waals surface area (Å²) in [6.07, 6.45) is 8.01. The zero-order chi connectivity index (χ0) is 18.4. The van der Waals surface area contributed by atoms with Gasteiger partial charge in [0.15, 0.2) is 5.65 Å². The molecule has 1 saturated carbocycles. The molecule has 9 heteroatoms. The molecular formula is C18H22N8O. The van der Waals surface area contributed by atoms with E-state index in [1.165, 1.54) is 12.8 Å². The Morgan fingerprint density at radius 1 is 1.22 bits per heavy atom. The van der Waals surface area contributed by atoms with Crippen LogP contribution in [0.5, 0.6) is 0 Å². The van der Waals surface area contributed by atoms with Crippen molar-refractivity contribution >= 4 is 17.4 Å². The molecule has 0 unspecified atom stereocenters. The fourth-order valence-electron chi connectivity index (χ4n) is 4.11. The van der Waals surface area contributed by atoms with Gasteiger partial charge in [-0.2, -0.15) is 4.52 Å². The second-order valence-electron chi connectivity index (χ2n) is 7.33. The second-order valence-corrected chi connectivity index (χ2v) is 7.33. The first kappa shape index (κ1) is 16.2. The van der Waals surface area contributed by atoms with E-state index in [0.29, 0.717) is 11.7 Å². The number of amides is 1. The lowest BCUT2D eigenvalue weighted by molar-refractivity contribution is 0.0933. The predicted molar refractivity (Wildman–Crippen MR) is 98.5 cm³/mol. The van der Waals surface area contributed by atoms with Gasteiger partial charge in [0, 0.05) is 25.3 Å². The third kappa shape index (κ3) is 2.83. The molecule has 1 aliphatic carbocycles. The molecule has 3 aromatic heterocycles. The SMILES string of the molecule is C[C@@H]1c2nc(C(=O)NC3CCCC3)cn2CCN1c1ccc2nncn2n1. The molecule has 0 aromatic carbocycles. The summed E-state index contributed by atoms with van der Waals surface area (Å²) in [5, 5.41) is 15.6. The number of fused-ring (bicyclic) bond motifs is 2. The topological polar surface area (TPSA) is 93.2 Å². The van der Waals surface area contributed by atoms with Crippen LogP contribution in [0.25, 0.3) is 5.65 Å². The van der Waals surface area contributed by atoms with E-state index in [9.17, 15) is 4.79 Å². The van der Waals surface area contributed by atoms with Gasteiger partial charge >= 0.3 is 0 Å². The van der Waals surface area contributed by atoms with Gasteiger partial charge < -0.3 is 14.8 Å². The average Bonchev–Trinajstić information content (AvgIpc) is 3.41. The standard InChI is InChI=1S/C18H22N8O/c1-12-17-21-14(18(27)20-13-4-2-3-5-13)10-24(17)8-9-25(12)16-7-6-15-22-19-11-26(15)23-16/h6-7,10-13H,2-5,8-9H2,1H3,(H,20,27)/t12-/m1/s1. The van der Waals surface area contributed by atoms with Crippen LogP contribution >= 0.6 is 0 Å². The van der Waals surface area contributed by atoms with Gasteiger partial charge in [-0.25, -0.2) is 4.98 Å². The van der Waals surface area contributed by atoms with Crippen molar-refractivity contribution in [1.82, 2.24) is 34.7 Å². The van der Waals surface area contributed by atoms with Gasteiger partial charge in [0.25, 0.3) is 5.91 Å². The highest BCUT2D eigenvalue weighted by Gasteiger charge is 2.29. The van der Waals surface area contributed by atoms with Crippen molar-refractivity contribution in [2.75, 3.05) is 11.4 Å². The molecule has 0 radical (unpaired) electrons. The Hall–Kier alpha value is -2.97. The molecule has 0 bridgehead atoms. The number of carbonyl (C=O) groups is 1. The Balaban J connectivity index is 1.38. The number of carbonyl (C=O) groups excluding carboxylic acids is 1. The summed E-state index contributed by atoms with van der Waals surface area (Å²) in [4.78, 5) is 19.4. The molecule has 3 aromatic rings. The van der Waals surface area contributed by atoms with Crippen molar-refractivity contribution in [2.45, 2.75) is 51.2 Å². The number of imidazole rings is 1. The number of anilines is 1. The lowest BCUT2D eigenvalue weighted by atomic mass is 10.2. The number of nitrogens with one attached hydrogen (secondary N) is 1. The number of hydrogen-bond acceptors (Lipinski definition) is 6. The highest BCUT2D eigenvalue weighted by Crippen LogP contribution is 2.29. The van der Waals surface area contributed by atoms with Crippen LogP contribution in [-0.2, 0) is 6.54 Å². The Kier molecular flexibility index (Phi) is 3.80. The lowest BCUT2D eigenvalue weighted by Crippen LogP contribution is -2.37. The molecule has 1 atom stereocenters. The average molecular weight is 366 g/mol. The van der Waals surface area contributed by atoms with Crippen molar-refractivity contribution in [1.29, 1.82) is 0 Å². The fourth-order valence-corrected chi connectivity index (χ4v) is 4.11. The minimum absolute atomic E-state index is 0.0215. The normalized spacial score (nSPS) is 20.2. The van der Waals surface area contributed by atoms with Gasteiger partial charge in [0.1, 0.15) is 23.7 Å². The van der Waals surface area contributed by atoms with E-state index in [4.69, 9.17) is 0 Å². The Morgan fingerprint density at radius 2 is 2.07 bits per heavy atom. The first-order valence-electron chi connectivity index (χ1n) is 9.51. The highest BCUT2D eigenvalue weighted by molar-refractivity contribution is 5.92. The van der Waals surface area contributed by atoms with Crippen molar-refractivity contribution in [3.8, 4) is 0 Å². The predicted octanol–water partition coefficient (Wildman–Crippen LogP) is 1.57. The maximum atomic E-state index is 12.6.